The van der Waals surface area contributed by atoms with Crippen molar-refractivity contribution in [3.05, 3.63) is 23.5 Å². The summed E-state index contributed by atoms with van der Waals surface area (Å²) in [6.07, 6.45) is 0. The van der Waals surface area contributed by atoms with Crippen LogP contribution in [0.25, 0.3) is 0 Å². The molecular formula is C11H17N3O2. The minimum atomic E-state index is -0.192. The van der Waals surface area contributed by atoms with E-state index in [1.54, 1.807) is 0 Å². The molecule has 0 bridgehead atoms. The van der Waals surface area contributed by atoms with Crippen LogP contribution in [0.5, 0.6) is 0 Å². The molecule has 1 aromatic heterocycles. The third-order valence-electron chi connectivity index (χ3n) is 1.99. The van der Waals surface area contributed by atoms with Crippen molar-refractivity contribution in [1.82, 2.24) is 4.98 Å². The van der Waals surface area contributed by atoms with Gasteiger partial charge in [0.1, 0.15) is 6.61 Å². The molecule has 0 radical (unpaired) electrons. The van der Waals surface area contributed by atoms with Gasteiger partial charge in [0, 0.05) is 12.2 Å². The molecule has 0 spiro atoms. The Bertz CT molecular complexity index is 366. The molecule has 0 aliphatic rings. The van der Waals surface area contributed by atoms with Gasteiger partial charge in [0.05, 0.1) is 18.0 Å². The smallest absolute Gasteiger partial charge is 0.250 e. The average molecular weight is 223 g/mol. The van der Waals surface area contributed by atoms with Gasteiger partial charge in [0.15, 0.2) is 0 Å². The van der Waals surface area contributed by atoms with Gasteiger partial charge in [-0.1, -0.05) is 0 Å². The van der Waals surface area contributed by atoms with E-state index in [2.05, 4.69) is 10.3 Å². The number of anilines is 1. The van der Waals surface area contributed by atoms with E-state index in [1.165, 1.54) is 0 Å². The Hall–Kier alpha value is -1.46. The number of carbonyl (C=O) groups is 1. The molecule has 0 saturated heterocycles. The van der Waals surface area contributed by atoms with Crippen LogP contribution in [0.1, 0.15) is 11.4 Å². The summed E-state index contributed by atoms with van der Waals surface area (Å²) in [7, 11) is 0. The molecule has 1 rings (SSSR count). The minimum Gasteiger partial charge on any atom is -0.370 e. The molecule has 0 aliphatic heterocycles. The van der Waals surface area contributed by atoms with Crippen molar-refractivity contribution in [2.45, 2.75) is 13.8 Å². The Balaban J connectivity index is 2.49. The first-order valence-corrected chi connectivity index (χ1v) is 5.15. The number of nitrogens with two attached hydrogens (primary N) is 1. The van der Waals surface area contributed by atoms with E-state index in [1.807, 2.05) is 26.0 Å². The maximum Gasteiger partial charge on any atom is 0.250 e. The van der Waals surface area contributed by atoms with Gasteiger partial charge in [-0.3, -0.25) is 9.78 Å². The van der Waals surface area contributed by atoms with Crippen LogP contribution in [-0.2, 0) is 9.53 Å². The zero-order valence-electron chi connectivity index (χ0n) is 9.62. The third kappa shape index (κ3) is 3.96. The van der Waals surface area contributed by atoms with Crippen LogP contribution in [0.2, 0.25) is 0 Å². The SMILES string of the molecule is Cc1ccc(NC(=O)COCCN)c(C)n1. The number of amides is 1. The highest BCUT2D eigenvalue weighted by molar-refractivity contribution is 5.92. The van der Waals surface area contributed by atoms with Crippen molar-refractivity contribution in [2.75, 3.05) is 25.1 Å². The first-order chi connectivity index (χ1) is 7.63. The number of hydrogen-bond donors (Lipinski definition) is 2. The molecule has 0 aromatic carbocycles. The largest absolute Gasteiger partial charge is 0.370 e. The van der Waals surface area contributed by atoms with Gasteiger partial charge in [-0.25, -0.2) is 0 Å². The Labute approximate surface area is 95.0 Å². The highest BCUT2D eigenvalue weighted by Gasteiger charge is 2.05. The van der Waals surface area contributed by atoms with Crippen LogP contribution in [-0.4, -0.2) is 30.6 Å². The molecule has 16 heavy (non-hydrogen) atoms. The maximum atomic E-state index is 11.4. The number of nitrogens with zero attached hydrogens (tertiary/aromatic N) is 1. The van der Waals surface area contributed by atoms with E-state index < -0.39 is 0 Å². The second-order valence-electron chi connectivity index (χ2n) is 3.48. The predicted molar refractivity (Wildman–Crippen MR) is 62.2 cm³/mol. The van der Waals surface area contributed by atoms with Crippen molar-refractivity contribution in [2.24, 2.45) is 5.73 Å². The van der Waals surface area contributed by atoms with Crippen LogP contribution < -0.4 is 11.1 Å². The fraction of sp³-hybridized carbons (Fsp3) is 0.455. The van der Waals surface area contributed by atoms with E-state index in [0.717, 1.165) is 11.4 Å². The lowest BCUT2D eigenvalue weighted by atomic mass is 10.3. The normalized spacial score (nSPS) is 10.2. The zero-order chi connectivity index (χ0) is 12.0. The second-order valence-corrected chi connectivity index (χ2v) is 3.48. The molecule has 5 nitrogen and oxygen atoms in total. The summed E-state index contributed by atoms with van der Waals surface area (Å²) in [5, 5.41) is 2.73. The summed E-state index contributed by atoms with van der Waals surface area (Å²) >= 11 is 0. The molecule has 1 amide bonds. The molecule has 88 valence electrons. The summed E-state index contributed by atoms with van der Waals surface area (Å²) in [6.45, 7) is 4.58. The van der Waals surface area contributed by atoms with Crippen LogP contribution in [0.15, 0.2) is 12.1 Å². The van der Waals surface area contributed by atoms with Crippen molar-refractivity contribution < 1.29 is 9.53 Å². The second kappa shape index (κ2) is 6.19. The summed E-state index contributed by atoms with van der Waals surface area (Å²) < 4.78 is 5.02. The number of ether oxygens (including phenoxy) is 1. The zero-order valence-corrected chi connectivity index (χ0v) is 9.62. The minimum absolute atomic E-state index is 0.0184. The molecule has 5 heteroatoms. The average Bonchev–Trinajstić information content (AvgIpc) is 2.23. The lowest BCUT2D eigenvalue weighted by molar-refractivity contribution is -0.120. The summed E-state index contributed by atoms with van der Waals surface area (Å²) in [5.74, 6) is -0.192. The number of carbonyl (C=O) groups excluding carboxylic acids is 1. The number of pyridine rings is 1. The molecular weight excluding hydrogens is 206 g/mol. The van der Waals surface area contributed by atoms with Crippen molar-refractivity contribution in [3.8, 4) is 0 Å². The standard InChI is InChI=1S/C11H17N3O2/c1-8-3-4-10(9(2)13-8)14-11(15)7-16-6-5-12/h3-4H,5-7,12H2,1-2H3,(H,14,15). The number of aromatic nitrogens is 1. The highest BCUT2D eigenvalue weighted by atomic mass is 16.5. The molecule has 0 unspecified atom stereocenters. The van der Waals surface area contributed by atoms with Gasteiger partial charge in [-0.15, -0.1) is 0 Å². The maximum absolute atomic E-state index is 11.4. The summed E-state index contributed by atoms with van der Waals surface area (Å²) in [5.41, 5.74) is 7.68. The lowest BCUT2D eigenvalue weighted by Crippen LogP contribution is -2.21. The molecule has 0 aliphatic carbocycles. The first-order valence-electron chi connectivity index (χ1n) is 5.15. The van der Waals surface area contributed by atoms with Gasteiger partial charge in [-0.2, -0.15) is 0 Å². The van der Waals surface area contributed by atoms with Gasteiger partial charge in [-0.05, 0) is 26.0 Å². The predicted octanol–water partition coefficient (Wildman–Crippen LogP) is 0.612. The highest BCUT2D eigenvalue weighted by Crippen LogP contribution is 2.12. The van der Waals surface area contributed by atoms with Crippen LogP contribution in [0, 0.1) is 13.8 Å². The number of aryl methyl sites for hydroxylation is 2. The van der Waals surface area contributed by atoms with Crippen molar-refractivity contribution in [3.63, 3.8) is 0 Å². The molecule has 1 heterocycles. The Morgan fingerprint density at radius 2 is 2.25 bits per heavy atom. The third-order valence-corrected chi connectivity index (χ3v) is 1.99. The quantitative estimate of drug-likeness (QED) is 0.717. The van der Waals surface area contributed by atoms with Gasteiger partial charge < -0.3 is 15.8 Å². The van der Waals surface area contributed by atoms with E-state index in [4.69, 9.17) is 10.5 Å². The van der Waals surface area contributed by atoms with E-state index in [9.17, 15) is 4.79 Å². The Kier molecular flexibility index (Phi) is 4.88. The van der Waals surface area contributed by atoms with Gasteiger partial charge in [0.25, 0.3) is 0 Å². The number of hydrogen-bond acceptors (Lipinski definition) is 4. The molecule has 0 saturated carbocycles. The van der Waals surface area contributed by atoms with E-state index in [-0.39, 0.29) is 12.5 Å². The fourth-order valence-corrected chi connectivity index (χ4v) is 1.25. The Morgan fingerprint density at radius 1 is 1.50 bits per heavy atom. The van der Waals surface area contributed by atoms with Crippen LogP contribution >= 0.6 is 0 Å². The molecule has 0 atom stereocenters. The summed E-state index contributed by atoms with van der Waals surface area (Å²) in [4.78, 5) is 15.7. The van der Waals surface area contributed by atoms with Gasteiger partial charge in [0.2, 0.25) is 5.91 Å². The topological polar surface area (TPSA) is 77.2 Å². The van der Waals surface area contributed by atoms with Crippen LogP contribution in [0.3, 0.4) is 0 Å². The molecule has 3 N–H and O–H groups in total. The van der Waals surface area contributed by atoms with Crippen molar-refractivity contribution >= 4 is 11.6 Å². The molecule has 0 fully saturated rings. The first kappa shape index (κ1) is 12.6. The number of rotatable bonds is 5. The van der Waals surface area contributed by atoms with E-state index >= 15 is 0 Å². The lowest BCUT2D eigenvalue weighted by Gasteiger charge is -2.08. The summed E-state index contributed by atoms with van der Waals surface area (Å²) in [6, 6.07) is 3.68. The van der Waals surface area contributed by atoms with Crippen LogP contribution in [0.4, 0.5) is 5.69 Å². The fourth-order valence-electron chi connectivity index (χ4n) is 1.25. The van der Waals surface area contributed by atoms with Gasteiger partial charge >= 0.3 is 0 Å². The Morgan fingerprint density at radius 3 is 2.88 bits per heavy atom. The monoisotopic (exact) mass is 223 g/mol. The van der Waals surface area contributed by atoms with Crippen molar-refractivity contribution in [1.29, 1.82) is 0 Å². The molecule has 1 aromatic rings. The number of nitrogens with one attached hydrogen (secondary N) is 1. The van der Waals surface area contributed by atoms with E-state index in [0.29, 0.717) is 18.8 Å².